The predicted octanol–water partition coefficient (Wildman–Crippen LogP) is 3.61. The summed E-state index contributed by atoms with van der Waals surface area (Å²) in [5.74, 6) is 1.72. The standard InChI is InChI=1S/C20H18N4O/c1-3-7-16-14(5-1)13-18(21-16)19-22-17-8-4-2-6-15(17)20(23-19)24-9-11-25-12-10-24/h1-8,13,21H,9-12H2. The van der Waals surface area contributed by atoms with Crippen LogP contribution in [0, 0.1) is 0 Å². The molecule has 1 fully saturated rings. The molecular formula is C20H18N4O. The molecule has 25 heavy (non-hydrogen) atoms. The van der Waals surface area contributed by atoms with Gasteiger partial charge >= 0.3 is 0 Å². The lowest BCUT2D eigenvalue weighted by Gasteiger charge is -2.28. The van der Waals surface area contributed by atoms with Crippen LogP contribution in [0.15, 0.2) is 54.6 Å². The van der Waals surface area contributed by atoms with E-state index in [4.69, 9.17) is 14.7 Å². The number of nitrogens with zero attached hydrogens (tertiary/aromatic N) is 3. The number of ether oxygens (including phenoxy) is 1. The van der Waals surface area contributed by atoms with Crippen molar-refractivity contribution in [3.8, 4) is 11.5 Å². The lowest BCUT2D eigenvalue weighted by Crippen LogP contribution is -2.37. The fraction of sp³-hybridized carbons (Fsp3) is 0.200. The Morgan fingerprint density at radius 2 is 1.72 bits per heavy atom. The van der Waals surface area contributed by atoms with E-state index < -0.39 is 0 Å². The van der Waals surface area contributed by atoms with Gasteiger partial charge < -0.3 is 14.6 Å². The van der Waals surface area contributed by atoms with Crippen LogP contribution in [0.5, 0.6) is 0 Å². The van der Waals surface area contributed by atoms with Crippen LogP contribution in [0.2, 0.25) is 0 Å². The minimum absolute atomic E-state index is 0.733. The molecule has 3 heterocycles. The summed E-state index contributed by atoms with van der Waals surface area (Å²) in [6.45, 7) is 3.18. The van der Waals surface area contributed by atoms with E-state index in [9.17, 15) is 0 Å². The lowest BCUT2D eigenvalue weighted by molar-refractivity contribution is 0.122. The molecule has 1 saturated heterocycles. The van der Waals surface area contributed by atoms with Crippen LogP contribution in [0.1, 0.15) is 0 Å². The summed E-state index contributed by atoms with van der Waals surface area (Å²) in [7, 11) is 0. The number of aromatic nitrogens is 3. The fourth-order valence-corrected chi connectivity index (χ4v) is 3.39. The Morgan fingerprint density at radius 3 is 2.60 bits per heavy atom. The highest BCUT2D eigenvalue weighted by Crippen LogP contribution is 2.29. The Labute approximate surface area is 145 Å². The van der Waals surface area contributed by atoms with Gasteiger partial charge in [-0.05, 0) is 24.3 Å². The maximum atomic E-state index is 5.50. The largest absolute Gasteiger partial charge is 0.378 e. The molecule has 0 spiro atoms. The van der Waals surface area contributed by atoms with Gasteiger partial charge in [0.15, 0.2) is 5.82 Å². The third-order valence-corrected chi connectivity index (χ3v) is 4.66. The third-order valence-electron chi connectivity index (χ3n) is 4.66. The quantitative estimate of drug-likeness (QED) is 0.610. The van der Waals surface area contributed by atoms with Crippen molar-refractivity contribution in [1.82, 2.24) is 15.0 Å². The molecule has 0 bridgehead atoms. The fourth-order valence-electron chi connectivity index (χ4n) is 3.39. The van der Waals surface area contributed by atoms with Crippen molar-refractivity contribution in [3.05, 3.63) is 54.6 Å². The number of anilines is 1. The molecule has 0 saturated carbocycles. The average Bonchev–Trinajstić information content (AvgIpc) is 3.12. The first-order chi connectivity index (χ1) is 12.4. The van der Waals surface area contributed by atoms with Crippen LogP contribution in [-0.2, 0) is 4.74 Å². The van der Waals surface area contributed by atoms with Crippen molar-refractivity contribution in [1.29, 1.82) is 0 Å². The number of para-hydroxylation sites is 2. The van der Waals surface area contributed by atoms with Crippen molar-refractivity contribution in [2.24, 2.45) is 0 Å². The van der Waals surface area contributed by atoms with Crippen molar-refractivity contribution in [2.75, 3.05) is 31.2 Å². The highest BCUT2D eigenvalue weighted by atomic mass is 16.5. The monoisotopic (exact) mass is 330 g/mol. The molecule has 2 aromatic carbocycles. The zero-order chi connectivity index (χ0) is 16.6. The first-order valence-corrected chi connectivity index (χ1v) is 8.56. The van der Waals surface area contributed by atoms with Gasteiger partial charge in [0.1, 0.15) is 5.82 Å². The van der Waals surface area contributed by atoms with Gasteiger partial charge in [0.2, 0.25) is 0 Å². The van der Waals surface area contributed by atoms with Crippen molar-refractivity contribution in [3.63, 3.8) is 0 Å². The molecule has 0 atom stereocenters. The van der Waals surface area contributed by atoms with Crippen molar-refractivity contribution in [2.45, 2.75) is 0 Å². The van der Waals surface area contributed by atoms with Gasteiger partial charge in [-0.2, -0.15) is 0 Å². The Balaban J connectivity index is 1.70. The molecule has 4 aromatic rings. The van der Waals surface area contributed by atoms with Gasteiger partial charge in [-0.15, -0.1) is 0 Å². The summed E-state index contributed by atoms with van der Waals surface area (Å²) in [6.07, 6.45) is 0. The van der Waals surface area contributed by atoms with E-state index in [-0.39, 0.29) is 0 Å². The van der Waals surface area contributed by atoms with Crippen LogP contribution in [0.4, 0.5) is 5.82 Å². The number of benzene rings is 2. The van der Waals surface area contributed by atoms with Crippen LogP contribution in [0.3, 0.4) is 0 Å². The molecule has 1 N–H and O–H groups in total. The molecule has 2 aromatic heterocycles. The zero-order valence-corrected chi connectivity index (χ0v) is 13.8. The number of rotatable bonds is 2. The molecule has 0 radical (unpaired) electrons. The summed E-state index contributed by atoms with van der Waals surface area (Å²) in [5.41, 5.74) is 3.01. The smallest absolute Gasteiger partial charge is 0.178 e. The second-order valence-corrected chi connectivity index (χ2v) is 6.26. The highest BCUT2D eigenvalue weighted by molar-refractivity contribution is 5.92. The third kappa shape index (κ3) is 2.53. The van der Waals surface area contributed by atoms with E-state index in [0.29, 0.717) is 0 Å². The maximum Gasteiger partial charge on any atom is 0.178 e. The molecule has 5 nitrogen and oxygen atoms in total. The SMILES string of the molecule is c1ccc2[nH]c(-c3nc(N4CCOCC4)c4ccccc4n3)cc2c1. The number of hydrogen-bond acceptors (Lipinski definition) is 4. The van der Waals surface area contributed by atoms with Gasteiger partial charge in [0.25, 0.3) is 0 Å². The summed E-state index contributed by atoms with van der Waals surface area (Å²) in [4.78, 5) is 15.4. The van der Waals surface area contributed by atoms with Crippen molar-refractivity contribution >= 4 is 27.6 Å². The summed E-state index contributed by atoms with van der Waals surface area (Å²) < 4.78 is 5.50. The number of nitrogens with one attached hydrogen (secondary N) is 1. The first-order valence-electron chi connectivity index (χ1n) is 8.56. The van der Waals surface area contributed by atoms with Crippen LogP contribution in [-0.4, -0.2) is 41.3 Å². The summed E-state index contributed by atoms with van der Waals surface area (Å²) in [5, 5.41) is 2.26. The average molecular weight is 330 g/mol. The van der Waals surface area contributed by atoms with E-state index in [1.54, 1.807) is 0 Å². The predicted molar refractivity (Wildman–Crippen MR) is 99.9 cm³/mol. The van der Waals surface area contributed by atoms with Crippen LogP contribution >= 0.6 is 0 Å². The topological polar surface area (TPSA) is 54.0 Å². The molecule has 1 aliphatic heterocycles. The second kappa shape index (κ2) is 5.86. The number of H-pyrrole nitrogens is 1. The van der Waals surface area contributed by atoms with E-state index in [1.807, 2.05) is 30.3 Å². The van der Waals surface area contributed by atoms with Gasteiger partial charge in [0, 0.05) is 29.4 Å². The molecule has 0 unspecified atom stereocenters. The number of morpholine rings is 1. The molecule has 5 rings (SSSR count). The molecule has 1 aliphatic rings. The summed E-state index contributed by atoms with van der Waals surface area (Å²) >= 11 is 0. The van der Waals surface area contributed by atoms with Gasteiger partial charge in [0.05, 0.1) is 24.4 Å². The van der Waals surface area contributed by atoms with Crippen molar-refractivity contribution < 1.29 is 4.74 Å². The Hall–Kier alpha value is -2.92. The van der Waals surface area contributed by atoms with Gasteiger partial charge in [-0.1, -0.05) is 30.3 Å². The van der Waals surface area contributed by atoms with Crippen LogP contribution < -0.4 is 4.90 Å². The zero-order valence-electron chi connectivity index (χ0n) is 13.8. The Kier molecular flexibility index (Phi) is 3.38. The molecular weight excluding hydrogens is 312 g/mol. The first kappa shape index (κ1) is 14.4. The highest BCUT2D eigenvalue weighted by Gasteiger charge is 2.18. The Bertz CT molecular complexity index is 1020. The van der Waals surface area contributed by atoms with Gasteiger partial charge in [-0.25, -0.2) is 9.97 Å². The number of hydrogen-bond donors (Lipinski definition) is 1. The van der Waals surface area contributed by atoms with E-state index in [1.165, 1.54) is 5.39 Å². The minimum atomic E-state index is 0.733. The van der Waals surface area contributed by atoms with Crippen LogP contribution in [0.25, 0.3) is 33.3 Å². The second-order valence-electron chi connectivity index (χ2n) is 6.26. The number of fused-ring (bicyclic) bond motifs is 2. The normalized spacial score (nSPS) is 15.1. The van der Waals surface area contributed by atoms with Gasteiger partial charge in [-0.3, -0.25) is 0 Å². The molecule has 0 amide bonds. The molecule has 0 aliphatic carbocycles. The lowest BCUT2D eigenvalue weighted by atomic mass is 10.2. The molecule has 124 valence electrons. The van der Waals surface area contributed by atoms with E-state index in [0.717, 1.165) is 60.1 Å². The Morgan fingerprint density at radius 1 is 0.920 bits per heavy atom. The maximum absolute atomic E-state index is 5.50. The van der Waals surface area contributed by atoms with E-state index in [2.05, 4.69) is 34.1 Å². The minimum Gasteiger partial charge on any atom is -0.378 e. The van der Waals surface area contributed by atoms with E-state index >= 15 is 0 Å². The number of aromatic amines is 1. The molecule has 5 heteroatoms. The summed E-state index contributed by atoms with van der Waals surface area (Å²) in [6, 6.07) is 18.6.